The molecule has 0 heterocycles. The van der Waals surface area contributed by atoms with Gasteiger partial charge < -0.3 is 15.2 Å². The molecule has 1 aromatic carbocycles. The molecular weight excluding hydrogens is 310 g/mol. The molecular formula is C14H20BrNO3. The van der Waals surface area contributed by atoms with Gasteiger partial charge in [-0.25, -0.2) is 0 Å². The van der Waals surface area contributed by atoms with Gasteiger partial charge in [-0.05, 0) is 51.0 Å². The Morgan fingerprint density at radius 1 is 1.37 bits per heavy atom. The van der Waals surface area contributed by atoms with Crippen molar-refractivity contribution < 1.29 is 14.6 Å². The molecule has 106 valence electrons. The van der Waals surface area contributed by atoms with Gasteiger partial charge in [0.05, 0.1) is 6.10 Å². The van der Waals surface area contributed by atoms with Crippen molar-refractivity contribution in [3.8, 4) is 5.75 Å². The van der Waals surface area contributed by atoms with E-state index in [2.05, 4.69) is 21.2 Å². The second-order valence-corrected chi connectivity index (χ2v) is 5.41. The molecule has 0 spiro atoms. The van der Waals surface area contributed by atoms with Gasteiger partial charge >= 0.3 is 0 Å². The number of ether oxygens (including phenoxy) is 1. The number of rotatable bonds is 7. The maximum absolute atomic E-state index is 11.8. The number of amides is 1. The van der Waals surface area contributed by atoms with Crippen LogP contribution in [0.25, 0.3) is 0 Å². The average Bonchev–Trinajstić information content (AvgIpc) is 2.36. The molecule has 0 aliphatic carbocycles. The van der Waals surface area contributed by atoms with Gasteiger partial charge in [0.1, 0.15) is 5.75 Å². The first-order chi connectivity index (χ1) is 8.99. The fourth-order valence-corrected chi connectivity index (χ4v) is 1.79. The highest BCUT2D eigenvalue weighted by atomic mass is 79.9. The number of nitrogens with one attached hydrogen (secondary N) is 1. The Morgan fingerprint density at radius 2 is 2.00 bits per heavy atom. The van der Waals surface area contributed by atoms with Crippen LogP contribution >= 0.6 is 15.9 Å². The SMILES string of the molecule is CC(O)CCCNC(=O)C(C)Oc1ccc(Br)cc1. The van der Waals surface area contributed by atoms with E-state index in [-0.39, 0.29) is 12.0 Å². The van der Waals surface area contributed by atoms with E-state index >= 15 is 0 Å². The molecule has 0 bridgehead atoms. The summed E-state index contributed by atoms with van der Waals surface area (Å²) in [5.41, 5.74) is 0. The molecule has 2 atom stereocenters. The van der Waals surface area contributed by atoms with Crippen molar-refractivity contribution in [3.63, 3.8) is 0 Å². The predicted molar refractivity (Wildman–Crippen MR) is 78.2 cm³/mol. The zero-order chi connectivity index (χ0) is 14.3. The maximum Gasteiger partial charge on any atom is 0.260 e. The molecule has 0 radical (unpaired) electrons. The summed E-state index contributed by atoms with van der Waals surface area (Å²) in [6.07, 6.45) is 0.581. The Bertz CT molecular complexity index is 392. The summed E-state index contributed by atoms with van der Waals surface area (Å²) in [6.45, 7) is 4.00. The average molecular weight is 330 g/mol. The monoisotopic (exact) mass is 329 g/mol. The number of halogens is 1. The molecule has 19 heavy (non-hydrogen) atoms. The smallest absolute Gasteiger partial charge is 0.260 e. The third-order valence-electron chi connectivity index (χ3n) is 2.59. The lowest BCUT2D eigenvalue weighted by atomic mass is 10.2. The van der Waals surface area contributed by atoms with Crippen molar-refractivity contribution in [2.75, 3.05) is 6.54 Å². The molecule has 1 rings (SSSR count). The van der Waals surface area contributed by atoms with Gasteiger partial charge in [-0.15, -0.1) is 0 Å². The molecule has 0 aliphatic rings. The quantitative estimate of drug-likeness (QED) is 0.755. The van der Waals surface area contributed by atoms with Gasteiger partial charge in [-0.1, -0.05) is 15.9 Å². The Kier molecular flexibility index (Phi) is 6.87. The zero-order valence-corrected chi connectivity index (χ0v) is 12.8. The van der Waals surface area contributed by atoms with E-state index < -0.39 is 6.10 Å². The Balaban J connectivity index is 2.30. The number of carbonyl (C=O) groups is 1. The molecule has 1 aromatic rings. The van der Waals surface area contributed by atoms with E-state index in [0.29, 0.717) is 18.7 Å². The normalized spacial score (nSPS) is 13.7. The van der Waals surface area contributed by atoms with Crippen LogP contribution in [0.3, 0.4) is 0 Å². The highest BCUT2D eigenvalue weighted by molar-refractivity contribution is 9.10. The van der Waals surface area contributed by atoms with Crippen molar-refractivity contribution in [2.45, 2.75) is 38.9 Å². The van der Waals surface area contributed by atoms with E-state index in [4.69, 9.17) is 9.84 Å². The molecule has 0 saturated heterocycles. The van der Waals surface area contributed by atoms with Gasteiger partial charge in [-0.2, -0.15) is 0 Å². The van der Waals surface area contributed by atoms with E-state index in [1.54, 1.807) is 26.0 Å². The molecule has 0 aromatic heterocycles. The summed E-state index contributed by atoms with van der Waals surface area (Å²) in [5.74, 6) is 0.517. The fraction of sp³-hybridized carbons (Fsp3) is 0.500. The molecule has 0 saturated carbocycles. The van der Waals surface area contributed by atoms with Crippen LogP contribution < -0.4 is 10.1 Å². The molecule has 2 N–H and O–H groups in total. The number of benzene rings is 1. The van der Waals surface area contributed by atoms with Crippen LogP contribution in [0.4, 0.5) is 0 Å². The Morgan fingerprint density at radius 3 is 2.58 bits per heavy atom. The number of aliphatic hydroxyl groups is 1. The summed E-state index contributed by atoms with van der Waals surface area (Å²) in [6, 6.07) is 7.34. The van der Waals surface area contributed by atoms with E-state index in [1.165, 1.54) is 0 Å². The minimum absolute atomic E-state index is 0.145. The van der Waals surface area contributed by atoms with Gasteiger partial charge in [0.25, 0.3) is 5.91 Å². The first kappa shape index (κ1) is 16.0. The summed E-state index contributed by atoms with van der Waals surface area (Å²) in [5, 5.41) is 11.9. The predicted octanol–water partition coefficient (Wildman–Crippen LogP) is 2.49. The minimum Gasteiger partial charge on any atom is -0.481 e. The van der Waals surface area contributed by atoms with Gasteiger partial charge in [0.15, 0.2) is 6.10 Å². The lowest BCUT2D eigenvalue weighted by Crippen LogP contribution is -2.37. The van der Waals surface area contributed by atoms with Crippen LogP contribution in [-0.4, -0.2) is 29.8 Å². The third kappa shape index (κ3) is 6.59. The molecule has 1 amide bonds. The zero-order valence-electron chi connectivity index (χ0n) is 11.2. The van der Waals surface area contributed by atoms with Crippen molar-refractivity contribution in [1.29, 1.82) is 0 Å². The van der Waals surface area contributed by atoms with Crippen LogP contribution in [0, 0.1) is 0 Å². The fourth-order valence-electron chi connectivity index (χ4n) is 1.52. The lowest BCUT2D eigenvalue weighted by Gasteiger charge is -2.15. The van der Waals surface area contributed by atoms with E-state index in [1.807, 2.05) is 12.1 Å². The second-order valence-electron chi connectivity index (χ2n) is 4.50. The van der Waals surface area contributed by atoms with Crippen LogP contribution in [0.2, 0.25) is 0 Å². The van der Waals surface area contributed by atoms with E-state index in [0.717, 1.165) is 10.9 Å². The number of hydrogen-bond acceptors (Lipinski definition) is 3. The van der Waals surface area contributed by atoms with Crippen LogP contribution in [0.15, 0.2) is 28.7 Å². The first-order valence-electron chi connectivity index (χ1n) is 6.37. The largest absolute Gasteiger partial charge is 0.481 e. The van der Waals surface area contributed by atoms with Crippen molar-refractivity contribution >= 4 is 21.8 Å². The number of aliphatic hydroxyl groups excluding tert-OH is 1. The first-order valence-corrected chi connectivity index (χ1v) is 7.16. The van der Waals surface area contributed by atoms with Crippen LogP contribution in [-0.2, 0) is 4.79 Å². The maximum atomic E-state index is 11.8. The van der Waals surface area contributed by atoms with Crippen LogP contribution in [0.1, 0.15) is 26.7 Å². The Hall–Kier alpha value is -1.07. The number of carbonyl (C=O) groups excluding carboxylic acids is 1. The van der Waals surface area contributed by atoms with Crippen molar-refractivity contribution in [3.05, 3.63) is 28.7 Å². The molecule has 4 nitrogen and oxygen atoms in total. The molecule has 0 aliphatic heterocycles. The van der Waals surface area contributed by atoms with Crippen LogP contribution in [0.5, 0.6) is 5.75 Å². The highest BCUT2D eigenvalue weighted by Crippen LogP contribution is 2.17. The molecule has 5 heteroatoms. The molecule has 0 fully saturated rings. The van der Waals surface area contributed by atoms with Crippen molar-refractivity contribution in [2.24, 2.45) is 0 Å². The highest BCUT2D eigenvalue weighted by Gasteiger charge is 2.13. The number of hydrogen-bond donors (Lipinski definition) is 2. The summed E-state index contributed by atoms with van der Waals surface area (Å²) in [4.78, 5) is 11.8. The summed E-state index contributed by atoms with van der Waals surface area (Å²) in [7, 11) is 0. The summed E-state index contributed by atoms with van der Waals surface area (Å²) < 4.78 is 6.49. The lowest BCUT2D eigenvalue weighted by molar-refractivity contribution is -0.127. The van der Waals surface area contributed by atoms with Gasteiger partial charge in [0, 0.05) is 11.0 Å². The standard InChI is InChI=1S/C14H20BrNO3/c1-10(17)4-3-9-16-14(18)11(2)19-13-7-5-12(15)6-8-13/h5-8,10-11,17H,3-4,9H2,1-2H3,(H,16,18). The van der Waals surface area contributed by atoms with Gasteiger partial charge in [0.2, 0.25) is 0 Å². The second kappa shape index (κ2) is 8.17. The minimum atomic E-state index is -0.535. The molecule has 2 unspecified atom stereocenters. The van der Waals surface area contributed by atoms with E-state index in [9.17, 15) is 4.79 Å². The Labute approximate surface area is 122 Å². The van der Waals surface area contributed by atoms with Gasteiger partial charge in [-0.3, -0.25) is 4.79 Å². The van der Waals surface area contributed by atoms with Crippen molar-refractivity contribution in [1.82, 2.24) is 5.32 Å². The topological polar surface area (TPSA) is 58.6 Å². The summed E-state index contributed by atoms with van der Waals surface area (Å²) >= 11 is 3.34. The third-order valence-corrected chi connectivity index (χ3v) is 3.12.